The van der Waals surface area contributed by atoms with E-state index in [1.807, 2.05) is 0 Å². The number of halogens is 1. The first kappa shape index (κ1) is 14.9. The van der Waals surface area contributed by atoms with Crippen LogP contribution in [-0.4, -0.2) is 22.9 Å². The number of aromatic nitrogens is 1. The second-order valence-corrected chi connectivity index (χ2v) is 4.92. The fourth-order valence-corrected chi connectivity index (χ4v) is 2.24. The van der Waals surface area contributed by atoms with Crippen LogP contribution in [0, 0.1) is 12.7 Å². The minimum absolute atomic E-state index is 0.0199. The number of nitrogens with one attached hydrogen (secondary N) is 1. The summed E-state index contributed by atoms with van der Waals surface area (Å²) in [6.45, 7) is 1.07. The summed E-state index contributed by atoms with van der Waals surface area (Å²) in [6, 6.07) is 5.69. The van der Waals surface area contributed by atoms with Crippen molar-refractivity contribution in [3.63, 3.8) is 0 Å². The van der Waals surface area contributed by atoms with E-state index < -0.39 is 24.3 Å². The molecule has 1 amide bonds. The monoisotopic (exact) mass is 309 g/mol. The van der Waals surface area contributed by atoms with Crippen molar-refractivity contribution in [3.8, 4) is 0 Å². The van der Waals surface area contributed by atoms with Crippen molar-refractivity contribution in [1.29, 1.82) is 0 Å². The van der Waals surface area contributed by atoms with E-state index in [9.17, 15) is 14.0 Å². The van der Waals surface area contributed by atoms with Crippen molar-refractivity contribution in [2.45, 2.75) is 6.92 Å². The number of carbonyl (C=O) groups excluding carboxylic acids is 2. The fraction of sp³-hybridized carbons (Fsp3) is 0.154. The van der Waals surface area contributed by atoms with E-state index in [2.05, 4.69) is 9.69 Å². The molecule has 2 rings (SSSR count). The maximum atomic E-state index is 13.3. The summed E-state index contributed by atoms with van der Waals surface area (Å²) in [6.07, 6.45) is 0. The highest BCUT2D eigenvalue weighted by atomic mass is 32.1. The molecule has 2 aromatic rings. The molecule has 110 valence electrons. The van der Waals surface area contributed by atoms with Crippen LogP contribution in [0.1, 0.15) is 16.1 Å². The smallest absolute Gasteiger partial charge is 0.343 e. The largest absolute Gasteiger partial charge is 0.452 e. The zero-order valence-corrected chi connectivity index (χ0v) is 11.9. The molecular formula is C13H12FN3O3S. The zero-order chi connectivity index (χ0) is 15.4. The molecule has 0 unspecified atom stereocenters. The van der Waals surface area contributed by atoms with Gasteiger partial charge in [-0.1, -0.05) is 12.1 Å². The van der Waals surface area contributed by atoms with Gasteiger partial charge in [0, 0.05) is 0 Å². The molecule has 1 aromatic heterocycles. The molecule has 0 aliphatic carbocycles. The molecule has 1 aromatic carbocycles. The fourth-order valence-electron chi connectivity index (χ4n) is 1.59. The van der Waals surface area contributed by atoms with Gasteiger partial charge in [-0.15, -0.1) is 0 Å². The van der Waals surface area contributed by atoms with Gasteiger partial charge in [0.25, 0.3) is 5.91 Å². The molecule has 1 heterocycles. The lowest BCUT2D eigenvalue weighted by molar-refractivity contribution is -0.119. The van der Waals surface area contributed by atoms with Crippen molar-refractivity contribution in [2.24, 2.45) is 0 Å². The number of nitrogen functional groups attached to an aromatic ring is 1. The molecule has 6 nitrogen and oxygen atoms in total. The molecule has 8 heteroatoms. The van der Waals surface area contributed by atoms with Crippen molar-refractivity contribution in [3.05, 3.63) is 41.3 Å². The number of nitrogens with zero attached hydrogens (tertiary/aromatic N) is 1. The van der Waals surface area contributed by atoms with Crippen LogP contribution in [-0.2, 0) is 9.53 Å². The Morgan fingerprint density at radius 2 is 2.14 bits per heavy atom. The predicted molar refractivity (Wildman–Crippen MR) is 76.6 cm³/mol. The van der Waals surface area contributed by atoms with Gasteiger partial charge in [0.1, 0.15) is 16.4 Å². The van der Waals surface area contributed by atoms with Gasteiger partial charge in [0.2, 0.25) is 0 Å². The Kier molecular flexibility index (Phi) is 4.49. The third-order valence-electron chi connectivity index (χ3n) is 2.58. The Morgan fingerprint density at radius 3 is 2.76 bits per heavy atom. The number of ether oxygens (including phenoxy) is 1. The Labute approximate surface area is 123 Å². The first-order valence-corrected chi connectivity index (χ1v) is 6.69. The standard InChI is InChI=1S/C13H12FN3O3S/c1-7-11(12(15)21-17-7)13(19)20-6-10(18)16-9-5-3-2-4-8(9)14/h2-5H,6,15H2,1H3,(H,16,18). The van der Waals surface area contributed by atoms with Crippen LogP contribution in [0.3, 0.4) is 0 Å². The van der Waals surface area contributed by atoms with Crippen LogP contribution in [0.4, 0.5) is 15.1 Å². The Hall–Kier alpha value is -2.48. The minimum atomic E-state index is -0.734. The number of esters is 1. The minimum Gasteiger partial charge on any atom is -0.452 e. The van der Waals surface area contributed by atoms with Gasteiger partial charge in [0.15, 0.2) is 6.61 Å². The van der Waals surface area contributed by atoms with Crippen LogP contribution >= 0.6 is 11.5 Å². The predicted octanol–water partition coefficient (Wildman–Crippen LogP) is 1.97. The molecule has 0 bridgehead atoms. The maximum Gasteiger partial charge on any atom is 0.343 e. The van der Waals surface area contributed by atoms with Crippen LogP contribution in [0.15, 0.2) is 24.3 Å². The van der Waals surface area contributed by atoms with E-state index in [1.165, 1.54) is 18.2 Å². The van der Waals surface area contributed by atoms with Gasteiger partial charge in [-0.2, -0.15) is 4.37 Å². The van der Waals surface area contributed by atoms with E-state index in [-0.39, 0.29) is 16.3 Å². The number of aryl methyl sites for hydroxylation is 1. The lowest BCUT2D eigenvalue weighted by Gasteiger charge is -2.07. The number of para-hydroxylation sites is 1. The van der Waals surface area contributed by atoms with E-state index in [4.69, 9.17) is 10.5 Å². The molecule has 0 radical (unpaired) electrons. The average Bonchev–Trinajstić information content (AvgIpc) is 2.78. The zero-order valence-electron chi connectivity index (χ0n) is 11.1. The topological polar surface area (TPSA) is 94.3 Å². The number of carbonyl (C=O) groups is 2. The first-order valence-electron chi connectivity index (χ1n) is 5.92. The molecule has 3 N–H and O–H groups in total. The third kappa shape index (κ3) is 3.54. The molecule has 0 fully saturated rings. The highest BCUT2D eigenvalue weighted by molar-refractivity contribution is 7.10. The van der Waals surface area contributed by atoms with E-state index >= 15 is 0 Å². The number of hydrogen-bond donors (Lipinski definition) is 2. The summed E-state index contributed by atoms with van der Waals surface area (Å²) >= 11 is 0.975. The van der Waals surface area contributed by atoms with Crippen molar-refractivity contribution >= 4 is 34.1 Å². The molecule has 0 atom stereocenters. The third-order valence-corrected chi connectivity index (χ3v) is 3.34. The lowest BCUT2D eigenvalue weighted by atomic mass is 10.2. The summed E-state index contributed by atoms with van der Waals surface area (Å²) in [7, 11) is 0. The SMILES string of the molecule is Cc1nsc(N)c1C(=O)OCC(=O)Nc1ccccc1F. The molecule has 0 aliphatic heterocycles. The second-order valence-electron chi connectivity index (χ2n) is 4.11. The normalized spacial score (nSPS) is 10.2. The van der Waals surface area contributed by atoms with Crippen LogP contribution in [0.2, 0.25) is 0 Å². The lowest BCUT2D eigenvalue weighted by Crippen LogP contribution is -2.21. The molecular weight excluding hydrogens is 297 g/mol. The van der Waals surface area contributed by atoms with Crippen molar-refractivity contribution in [1.82, 2.24) is 4.37 Å². The summed E-state index contributed by atoms with van der Waals surface area (Å²) in [5.41, 5.74) is 6.21. The molecule has 0 spiro atoms. The first-order chi connectivity index (χ1) is 9.99. The number of amides is 1. The van der Waals surface area contributed by atoms with Crippen LogP contribution in [0.5, 0.6) is 0 Å². The van der Waals surface area contributed by atoms with Gasteiger partial charge >= 0.3 is 5.97 Å². The van der Waals surface area contributed by atoms with Gasteiger partial charge in [-0.25, -0.2) is 9.18 Å². The van der Waals surface area contributed by atoms with Crippen LogP contribution in [0.25, 0.3) is 0 Å². The molecule has 0 aliphatic rings. The number of rotatable bonds is 4. The summed E-state index contributed by atoms with van der Waals surface area (Å²) in [5.74, 6) is -1.95. The number of anilines is 2. The van der Waals surface area contributed by atoms with Gasteiger partial charge in [0.05, 0.1) is 11.4 Å². The molecule has 0 saturated heterocycles. The summed E-state index contributed by atoms with van der Waals surface area (Å²) in [5, 5.41) is 2.53. The molecule has 0 saturated carbocycles. The van der Waals surface area contributed by atoms with Crippen molar-refractivity contribution in [2.75, 3.05) is 17.7 Å². The van der Waals surface area contributed by atoms with Gasteiger partial charge in [-0.3, -0.25) is 4.79 Å². The number of nitrogens with two attached hydrogens (primary N) is 1. The van der Waals surface area contributed by atoms with E-state index in [1.54, 1.807) is 13.0 Å². The number of hydrogen-bond acceptors (Lipinski definition) is 6. The quantitative estimate of drug-likeness (QED) is 0.842. The van der Waals surface area contributed by atoms with Crippen molar-refractivity contribution < 1.29 is 18.7 Å². The van der Waals surface area contributed by atoms with Crippen LogP contribution < -0.4 is 11.1 Å². The molecule has 21 heavy (non-hydrogen) atoms. The average molecular weight is 309 g/mol. The second kappa shape index (κ2) is 6.31. The summed E-state index contributed by atoms with van der Waals surface area (Å²) < 4.78 is 22.1. The van der Waals surface area contributed by atoms with Gasteiger partial charge < -0.3 is 15.8 Å². The summed E-state index contributed by atoms with van der Waals surface area (Å²) in [4.78, 5) is 23.4. The van der Waals surface area contributed by atoms with E-state index in [0.29, 0.717) is 5.69 Å². The van der Waals surface area contributed by atoms with Gasteiger partial charge in [-0.05, 0) is 30.6 Å². The maximum absolute atomic E-state index is 13.3. The highest BCUT2D eigenvalue weighted by Crippen LogP contribution is 2.21. The Balaban J connectivity index is 1.93. The Bertz CT molecular complexity index is 668. The Morgan fingerprint density at radius 1 is 1.43 bits per heavy atom. The van der Waals surface area contributed by atoms with E-state index in [0.717, 1.165) is 11.5 Å². The highest BCUT2D eigenvalue weighted by Gasteiger charge is 2.19. The number of benzene rings is 1.